The molecule has 0 aliphatic carbocycles. The molecule has 0 fully saturated rings. The molecule has 0 aliphatic heterocycles. The van der Waals surface area contributed by atoms with Crippen molar-refractivity contribution in [3.63, 3.8) is 0 Å². The van der Waals surface area contributed by atoms with Gasteiger partial charge in [-0.3, -0.25) is 0 Å². The maximum Gasteiger partial charge on any atom is 0.0721 e. The summed E-state index contributed by atoms with van der Waals surface area (Å²) >= 11 is 0. The molecular formula is C20H22O2. The van der Waals surface area contributed by atoms with Crippen LogP contribution in [0.25, 0.3) is 0 Å². The molecule has 0 aliphatic rings. The van der Waals surface area contributed by atoms with Gasteiger partial charge in [-0.15, -0.1) is 0 Å². The lowest BCUT2D eigenvalue weighted by Crippen LogP contribution is -1.92. The molecule has 2 aromatic rings. The fourth-order valence-corrected chi connectivity index (χ4v) is 1.91. The van der Waals surface area contributed by atoms with Gasteiger partial charge in [-0.2, -0.15) is 0 Å². The van der Waals surface area contributed by atoms with Gasteiger partial charge in [0, 0.05) is 0 Å². The van der Waals surface area contributed by atoms with E-state index in [2.05, 4.69) is 24.3 Å². The smallest absolute Gasteiger partial charge is 0.0721 e. The Morgan fingerprint density at radius 3 is 1.41 bits per heavy atom. The molecule has 2 nitrogen and oxygen atoms in total. The summed E-state index contributed by atoms with van der Waals surface area (Å²) in [7, 11) is 0. The first-order chi connectivity index (χ1) is 10.9. The van der Waals surface area contributed by atoms with E-state index < -0.39 is 0 Å². The molecule has 0 amide bonds. The normalized spacial score (nSPS) is 11.5. The standard InChI is InChI=1S/C20H22O2/c1(9-15-21-17-19-11-5-3-6-12-19)2-10-16-22-18-20-13-7-4-8-14-20/h1-14H,15-18H2/b9-1+,10-2+. The molecule has 0 heterocycles. The SMILES string of the molecule is C(/C=C/COCc1ccccc1)=C\COCc1ccccc1. The van der Waals surface area contributed by atoms with E-state index in [1.165, 1.54) is 11.1 Å². The Bertz CT molecular complexity index is 505. The zero-order chi connectivity index (χ0) is 15.3. The van der Waals surface area contributed by atoms with Gasteiger partial charge < -0.3 is 9.47 Å². The lowest BCUT2D eigenvalue weighted by atomic mass is 10.2. The summed E-state index contributed by atoms with van der Waals surface area (Å²) in [4.78, 5) is 0. The topological polar surface area (TPSA) is 18.5 Å². The van der Waals surface area contributed by atoms with Crippen LogP contribution < -0.4 is 0 Å². The first-order valence-corrected chi connectivity index (χ1v) is 7.50. The third-order valence-electron chi connectivity index (χ3n) is 3.03. The van der Waals surface area contributed by atoms with Gasteiger partial charge in [0.15, 0.2) is 0 Å². The highest BCUT2D eigenvalue weighted by molar-refractivity contribution is 5.14. The Balaban J connectivity index is 1.50. The van der Waals surface area contributed by atoms with Crippen molar-refractivity contribution in [1.82, 2.24) is 0 Å². The predicted molar refractivity (Wildman–Crippen MR) is 90.5 cm³/mol. The molecule has 0 aromatic heterocycles. The van der Waals surface area contributed by atoms with Gasteiger partial charge in [0.1, 0.15) is 0 Å². The highest BCUT2D eigenvalue weighted by atomic mass is 16.5. The average molecular weight is 294 g/mol. The van der Waals surface area contributed by atoms with Crippen molar-refractivity contribution < 1.29 is 9.47 Å². The first-order valence-electron chi connectivity index (χ1n) is 7.50. The van der Waals surface area contributed by atoms with E-state index in [1.807, 2.05) is 60.7 Å². The fourth-order valence-electron chi connectivity index (χ4n) is 1.91. The van der Waals surface area contributed by atoms with Crippen molar-refractivity contribution in [1.29, 1.82) is 0 Å². The van der Waals surface area contributed by atoms with Crippen molar-refractivity contribution in [2.75, 3.05) is 13.2 Å². The second-order valence-electron chi connectivity index (χ2n) is 4.86. The van der Waals surface area contributed by atoms with Crippen LogP contribution in [0.5, 0.6) is 0 Å². The van der Waals surface area contributed by atoms with Gasteiger partial charge in [-0.25, -0.2) is 0 Å². The molecule has 0 spiro atoms. The minimum Gasteiger partial charge on any atom is -0.373 e. The molecule has 0 saturated carbocycles. The number of benzene rings is 2. The second kappa shape index (κ2) is 10.6. The summed E-state index contributed by atoms with van der Waals surface area (Å²) in [5.41, 5.74) is 2.39. The van der Waals surface area contributed by atoms with E-state index in [0.29, 0.717) is 26.4 Å². The molecular weight excluding hydrogens is 272 g/mol. The summed E-state index contributed by atoms with van der Waals surface area (Å²) < 4.78 is 11.1. The van der Waals surface area contributed by atoms with Gasteiger partial charge in [-0.1, -0.05) is 85.0 Å². The molecule has 2 heteroatoms. The van der Waals surface area contributed by atoms with Crippen LogP contribution in [0.3, 0.4) is 0 Å². The largest absolute Gasteiger partial charge is 0.373 e. The lowest BCUT2D eigenvalue weighted by molar-refractivity contribution is 0.148. The molecule has 22 heavy (non-hydrogen) atoms. The molecule has 0 atom stereocenters. The fraction of sp³-hybridized carbons (Fsp3) is 0.200. The zero-order valence-electron chi connectivity index (χ0n) is 12.7. The third kappa shape index (κ3) is 7.02. The maximum atomic E-state index is 5.55. The number of hydrogen-bond donors (Lipinski definition) is 0. The van der Waals surface area contributed by atoms with Gasteiger partial charge >= 0.3 is 0 Å². The van der Waals surface area contributed by atoms with Crippen molar-refractivity contribution in [3.05, 3.63) is 96.1 Å². The molecule has 0 unspecified atom stereocenters. The van der Waals surface area contributed by atoms with Crippen LogP contribution in [0.2, 0.25) is 0 Å². The van der Waals surface area contributed by atoms with Crippen molar-refractivity contribution in [2.24, 2.45) is 0 Å². The summed E-state index contributed by atoms with van der Waals surface area (Å²) in [5, 5.41) is 0. The van der Waals surface area contributed by atoms with Crippen LogP contribution in [0.1, 0.15) is 11.1 Å². The van der Waals surface area contributed by atoms with Gasteiger partial charge in [0.25, 0.3) is 0 Å². The molecule has 0 radical (unpaired) electrons. The summed E-state index contributed by atoms with van der Waals surface area (Å²) in [6.45, 7) is 2.53. The Morgan fingerprint density at radius 2 is 1.00 bits per heavy atom. The molecule has 2 rings (SSSR count). The maximum absolute atomic E-state index is 5.55. The summed E-state index contributed by atoms with van der Waals surface area (Å²) in [6.07, 6.45) is 7.96. The molecule has 0 bridgehead atoms. The van der Waals surface area contributed by atoms with Crippen LogP contribution >= 0.6 is 0 Å². The van der Waals surface area contributed by atoms with E-state index in [1.54, 1.807) is 0 Å². The van der Waals surface area contributed by atoms with Gasteiger partial charge in [-0.05, 0) is 11.1 Å². The Morgan fingerprint density at radius 1 is 0.591 bits per heavy atom. The Hall–Kier alpha value is -2.16. The highest BCUT2D eigenvalue weighted by Gasteiger charge is 1.89. The average Bonchev–Trinajstić information content (AvgIpc) is 2.58. The molecule has 114 valence electrons. The molecule has 0 N–H and O–H groups in total. The van der Waals surface area contributed by atoms with Gasteiger partial charge in [0.05, 0.1) is 26.4 Å². The monoisotopic (exact) mass is 294 g/mol. The van der Waals surface area contributed by atoms with Crippen LogP contribution in [-0.2, 0) is 22.7 Å². The van der Waals surface area contributed by atoms with Gasteiger partial charge in [0.2, 0.25) is 0 Å². The van der Waals surface area contributed by atoms with Crippen LogP contribution in [0, 0.1) is 0 Å². The number of rotatable bonds is 9. The van der Waals surface area contributed by atoms with Crippen molar-refractivity contribution in [2.45, 2.75) is 13.2 Å². The highest BCUT2D eigenvalue weighted by Crippen LogP contribution is 2.01. The van der Waals surface area contributed by atoms with E-state index >= 15 is 0 Å². The quantitative estimate of drug-likeness (QED) is 0.499. The Kier molecular flexibility index (Phi) is 7.78. The lowest BCUT2D eigenvalue weighted by Gasteiger charge is -2.00. The number of ether oxygens (including phenoxy) is 2. The zero-order valence-corrected chi connectivity index (χ0v) is 12.7. The minimum absolute atomic E-state index is 0.615. The van der Waals surface area contributed by atoms with E-state index in [9.17, 15) is 0 Å². The van der Waals surface area contributed by atoms with Crippen molar-refractivity contribution >= 4 is 0 Å². The van der Waals surface area contributed by atoms with Crippen LogP contribution in [0.15, 0.2) is 85.0 Å². The van der Waals surface area contributed by atoms with Crippen LogP contribution in [0.4, 0.5) is 0 Å². The predicted octanol–water partition coefficient (Wildman–Crippen LogP) is 4.53. The minimum atomic E-state index is 0.615. The Labute approximate surface area is 132 Å². The number of hydrogen-bond acceptors (Lipinski definition) is 2. The van der Waals surface area contributed by atoms with Crippen LogP contribution in [-0.4, -0.2) is 13.2 Å². The number of allylic oxidation sites excluding steroid dienone is 2. The summed E-state index contributed by atoms with van der Waals surface area (Å²) in [6, 6.07) is 20.4. The molecule has 0 saturated heterocycles. The molecule has 2 aromatic carbocycles. The third-order valence-corrected chi connectivity index (χ3v) is 3.03. The summed E-state index contributed by atoms with van der Waals surface area (Å²) in [5.74, 6) is 0. The second-order valence-corrected chi connectivity index (χ2v) is 4.86. The van der Waals surface area contributed by atoms with E-state index in [-0.39, 0.29) is 0 Å². The first kappa shape index (κ1) is 16.2. The van der Waals surface area contributed by atoms with E-state index in [0.717, 1.165) is 0 Å². The van der Waals surface area contributed by atoms with Crippen molar-refractivity contribution in [3.8, 4) is 0 Å². The van der Waals surface area contributed by atoms with E-state index in [4.69, 9.17) is 9.47 Å².